The zero-order chi connectivity index (χ0) is 55.8. The molecule has 2 aliphatic heterocycles. The molecule has 2 saturated heterocycles. The molecule has 421 valence electrons. The molecule has 2 aliphatic rings. The van der Waals surface area contributed by atoms with Gasteiger partial charge >= 0.3 is 14.2 Å². The van der Waals surface area contributed by atoms with Crippen LogP contribution in [0.4, 0.5) is 0 Å². The second-order valence-corrected chi connectivity index (χ2v) is 23.5. The summed E-state index contributed by atoms with van der Waals surface area (Å²) in [7, 11) is 5.67. The molecule has 2 aromatic heterocycles. The van der Waals surface area contributed by atoms with Gasteiger partial charge in [-0.3, -0.25) is 0 Å². The second kappa shape index (κ2) is 31.3. The zero-order valence-corrected chi connectivity index (χ0v) is 54.1. The third-order valence-electron chi connectivity index (χ3n) is 14.4. The van der Waals surface area contributed by atoms with E-state index in [2.05, 4.69) is 126 Å². The van der Waals surface area contributed by atoms with E-state index in [9.17, 15) is 0 Å². The number of benzene rings is 3. The SMILES string of the molecule is COCCOCc1c(-c2c(C)cccc2C)sc(-c2c(C)cccc2C)c1COCCOC.COCCOCc1c(B2OC(C)(C)C(C)(C)O2)sc(B2OC(C)(C)C(C)(C)O2)c1COCCOC.Cc1[c-]c(C)ccc1.[Y]. The molecule has 17 heteroatoms. The van der Waals surface area contributed by atoms with Crippen molar-refractivity contribution in [2.45, 2.75) is 146 Å². The molecule has 3 aromatic carbocycles. The summed E-state index contributed by atoms with van der Waals surface area (Å²) in [5, 5.41) is 0. The van der Waals surface area contributed by atoms with Gasteiger partial charge in [0.15, 0.2) is 0 Å². The fraction of sp³-hybridized carbons (Fsp3) is 0.567. The van der Waals surface area contributed by atoms with Crippen LogP contribution in [-0.4, -0.2) is 118 Å². The summed E-state index contributed by atoms with van der Waals surface area (Å²) >= 11 is 3.44. The zero-order valence-electron chi connectivity index (χ0n) is 49.6. The van der Waals surface area contributed by atoms with Crippen molar-refractivity contribution in [3.8, 4) is 20.9 Å². The van der Waals surface area contributed by atoms with Gasteiger partial charge in [-0.05, 0) is 128 Å². The molecule has 12 nitrogen and oxygen atoms in total. The maximum Gasteiger partial charge on any atom is 0.505 e. The van der Waals surface area contributed by atoms with Gasteiger partial charge in [-0.2, -0.15) is 46.7 Å². The molecule has 4 heterocycles. The summed E-state index contributed by atoms with van der Waals surface area (Å²) in [4.78, 5) is 2.54. The average molecular weight is 1180 g/mol. The van der Waals surface area contributed by atoms with Crippen molar-refractivity contribution in [2.24, 2.45) is 0 Å². The summed E-state index contributed by atoms with van der Waals surface area (Å²) in [5.41, 5.74) is 12.7. The Morgan fingerprint density at radius 3 is 0.935 bits per heavy atom. The maximum atomic E-state index is 6.44. The van der Waals surface area contributed by atoms with Crippen molar-refractivity contribution in [1.82, 2.24) is 0 Å². The third kappa shape index (κ3) is 17.9. The summed E-state index contributed by atoms with van der Waals surface area (Å²) in [5.74, 6) is 0. The van der Waals surface area contributed by atoms with Crippen molar-refractivity contribution in [1.29, 1.82) is 0 Å². The van der Waals surface area contributed by atoms with E-state index < -0.39 is 36.6 Å². The Morgan fingerprint density at radius 1 is 0.403 bits per heavy atom. The molecule has 0 saturated carbocycles. The molecular weight excluding hydrogens is 1090 g/mol. The summed E-state index contributed by atoms with van der Waals surface area (Å²) in [6, 6.07) is 22.3. The Balaban J connectivity index is 0.000000287. The van der Waals surface area contributed by atoms with Crippen molar-refractivity contribution < 1.29 is 89.2 Å². The summed E-state index contributed by atoms with van der Waals surface area (Å²) in [6.45, 7) is 35.3. The van der Waals surface area contributed by atoms with Crippen LogP contribution >= 0.6 is 22.7 Å². The van der Waals surface area contributed by atoms with Gasteiger partial charge in [0.2, 0.25) is 0 Å². The van der Waals surface area contributed by atoms with Gasteiger partial charge in [-0.25, -0.2) is 0 Å². The summed E-state index contributed by atoms with van der Waals surface area (Å²) < 4.78 is 72.6. The van der Waals surface area contributed by atoms with Gasteiger partial charge in [-0.15, -0.1) is 11.3 Å². The Labute approximate surface area is 496 Å². The first-order valence-corrected chi connectivity index (χ1v) is 28.0. The quantitative estimate of drug-likeness (QED) is 0.0333. The molecule has 0 atom stereocenters. The van der Waals surface area contributed by atoms with E-state index >= 15 is 0 Å². The van der Waals surface area contributed by atoms with Crippen LogP contribution in [0.25, 0.3) is 20.9 Å². The minimum atomic E-state index is -0.528. The second-order valence-electron chi connectivity index (χ2n) is 21.4. The number of thiophene rings is 2. The number of methoxy groups -OCH3 is 4. The monoisotopic (exact) mass is 1170 g/mol. The van der Waals surface area contributed by atoms with E-state index in [0.29, 0.717) is 79.3 Å². The molecule has 0 bridgehead atoms. The number of rotatable bonds is 24. The fourth-order valence-electron chi connectivity index (χ4n) is 8.69. The van der Waals surface area contributed by atoms with Crippen LogP contribution in [0, 0.1) is 47.6 Å². The van der Waals surface area contributed by atoms with Crippen molar-refractivity contribution in [2.75, 3.05) is 81.3 Å². The van der Waals surface area contributed by atoms with Gasteiger partial charge in [0, 0.05) is 91.6 Å². The minimum absolute atomic E-state index is 0. The van der Waals surface area contributed by atoms with Crippen molar-refractivity contribution in [3.63, 3.8) is 0 Å². The fourth-order valence-corrected chi connectivity index (χ4v) is 11.6. The van der Waals surface area contributed by atoms with Crippen LogP contribution < -0.4 is 9.55 Å². The number of aryl methyl sites for hydroxylation is 6. The summed E-state index contributed by atoms with van der Waals surface area (Å²) in [6.07, 6.45) is 0. The first-order chi connectivity index (χ1) is 36.0. The van der Waals surface area contributed by atoms with E-state index in [1.54, 1.807) is 39.8 Å². The predicted octanol–water partition coefficient (Wildman–Crippen LogP) is 11.4. The molecule has 0 amide bonds. The van der Waals surface area contributed by atoms with Crippen molar-refractivity contribution >= 4 is 46.5 Å². The molecular formula is C60H87B2O12S2Y-. The molecule has 0 N–H and O–H groups in total. The van der Waals surface area contributed by atoms with E-state index in [-0.39, 0.29) is 32.7 Å². The van der Waals surface area contributed by atoms with E-state index in [4.69, 9.17) is 56.5 Å². The van der Waals surface area contributed by atoms with E-state index in [1.165, 1.54) is 65.4 Å². The standard InChI is InChI=1S/C28H36O4S.C24H42B2O8S.C8H9.Y/c1-19-9-7-10-20(2)25(19)27-23(17-31-15-13-29-5)24(18-32-16-14-30-6)28(33-27)26-21(3)11-8-12-22(26)4;1-21(2)22(3,4)32-25(31-21)19-17(15-29-13-11-27-9)18(16-30-14-12-28-10)20(35-19)26-33-23(5,6)24(7,8)34-26;1-7-4-3-5-8(2)6-7;/h7-12H,13-18H2,1-6H3;11-16H2,1-10H3;3-5H,1-2H3;/q;;-1;. The molecule has 1 radical (unpaired) electrons. The van der Waals surface area contributed by atoms with Gasteiger partial charge in [0.1, 0.15) is 0 Å². The Bertz CT molecular complexity index is 2360. The Morgan fingerprint density at radius 2 is 0.675 bits per heavy atom. The topological polar surface area (TPSA) is 111 Å². The maximum absolute atomic E-state index is 6.44. The Kier molecular flexibility index (Phi) is 27.4. The average Bonchev–Trinajstić information content (AvgIpc) is 4.02. The van der Waals surface area contributed by atoms with E-state index in [0.717, 1.165) is 20.7 Å². The van der Waals surface area contributed by atoms with Crippen LogP contribution in [0.2, 0.25) is 0 Å². The largest absolute Gasteiger partial charge is 0.505 e. The predicted molar refractivity (Wildman–Crippen MR) is 311 cm³/mol. The Hall–Kier alpha value is -2.19. The third-order valence-corrected chi connectivity index (χ3v) is 17.1. The molecule has 77 heavy (non-hydrogen) atoms. The van der Waals surface area contributed by atoms with Crippen LogP contribution in [-0.2, 0) is 116 Å². The first-order valence-electron chi connectivity index (χ1n) is 26.4. The van der Waals surface area contributed by atoms with Gasteiger partial charge in [0.25, 0.3) is 0 Å². The van der Waals surface area contributed by atoms with Crippen LogP contribution in [0.1, 0.15) is 111 Å². The van der Waals surface area contributed by atoms with Gasteiger partial charge in [-0.1, -0.05) is 50.2 Å². The van der Waals surface area contributed by atoms with Gasteiger partial charge < -0.3 is 56.5 Å². The van der Waals surface area contributed by atoms with Crippen LogP contribution in [0.15, 0.2) is 54.6 Å². The van der Waals surface area contributed by atoms with E-state index in [1.807, 2.05) is 43.4 Å². The number of hydrogen-bond acceptors (Lipinski definition) is 14. The first kappa shape index (κ1) is 67.3. The molecule has 7 rings (SSSR count). The molecule has 2 fully saturated rings. The van der Waals surface area contributed by atoms with Gasteiger partial charge in [0.05, 0.1) is 102 Å². The number of hydrogen-bond donors (Lipinski definition) is 0. The number of ether oxygens (including phenoxy) is 8. The minimum Gasteiger partial charge on any atom is -0.399 e. The molecule has 0 aliphatic carbocycles. The van der Waals surface area contributed by atoms with Crippen LogP contribution in [0.5, 0.6) is 0 Å². The normalized spacial score (nSPS) is 16.0. The van der Waals surface area contributed by atoms with Crippen LogP contribution in [0.3, 0.4) is 0 Å². The molecule has 0 spiro atoms. The smallest absolute Gasteiger partial charge is 0.399 e. The molecule has 5 aromatic rings. The van der Waals surface area contributed by atoms with Crippen molar-refractivity contribution in [3.05, 3.63) is 116 Å². The molecule has 0 unspecified atom stereocenters.